The van der Waals surface area contributed by atoms with E-state index in [4.69, 9.17) is 5.11 Å². The SMILES string of the molecule is CCC(C)C(=O)NCCC(C)(C)C(=O)O. The molecule has 0 spiro atoms. The van der Waals surface area contributed by atoms with Gasteiger partial charge in [-0.05, 0) is 26.7 Å². The van der Waals surface area contributed by atoms with Gasteiger partial charge in [0.25, 0.3) is 0 Å². The summed E-state index contributed by atoms with van der Waals surface area (Å²) in [5.74, 6) is -0.836. The van der Waals surface area contributed by atoms with Crippen LogP contribution in [0, 0.1) is 11.3 Å². The van der Waals surface area contributed by atoms with Crippen LogP contribution in [0.2, 0.25) is 0 Å². The number of nitrogens with one attached hydrogen (secondary N) is 1. The number of carbonyl (C=O) groups is 2. The number of hydrogen-bond donors (Lipinski definition) is 2. The van der Waals surface area contributed by atoms with E-state index in [1.165, 1.54) is 0 Å². The molecule has 4 nitrogen and oxygen atoms in total. The zero-order valence-corrected chi connectivity index (χ0v) is 9.96. The van der Waals surface area contributed by atoms with Gasteiger partial charge in [-0.2, -0.15) is 0 Å². The summed E-state index contributed by atoms with van der Waals surface area (Å²) in [6.45, 7) is 7.54. The number of rotatable bonds is 6. The smallest absolute Gasteiger partial charge is 0.309 e. The van der Waals surface area contributed by atoms with E-state index < -0.39 is 11.4 Å². The molecule has 0 saturated carbocycles. The lowest BCUT2D eigenvalue weighted by Crippen LogP contribution is -2.34. The average Bonchev–Trinajstić information content (AvgIpc) is 2.15. The first kappa shape index (κ1) is 13.9. The van der Waals surface area contributed by atoms with Gasteiger partial charge in [-0.15, -0.1) is 0 Å². The molecule has 0 fully saturated rings. The largest absolute Gasteiger partial charge is 0.481 e. The van der Waals surface area contributed by atoms with Crippen LogP contribution in [-0.4, -0.2) is 23.5 Å². The van der Waals surface area contributed by atoms with Gasteiger partial charge in [0, 0.05) is 12.5 Å². The molecule has 1 atom stereocenters. The topological polar surface area (TPSA) is 66.4 Å². The highest BCUT2D eigenvalue weighted by atomic mass is 16.4. The third-order valence-corrected chi connectivity index (χ3v) is 2.69. The first-order valence-electron chi connectivity index (χ1n) is 5.32. The molecule has 0 aromatic heterocycles. The summed E-state index contributed by atoms with van der Waals surface area (Å²) < 4.78 is 0. The lowest BCUT2D eigenvalue weighted by Gasteiger charge is -2.19. The van der Waals surface area contributed by atoms with Gasteiger partial charge in [-0.1, -0.05) is 13.8 Å². The first-order valence-corrected chi connectivity index (χ1v) is 5.32. The molecular formula is C11H21NO3. The van der Waals surface area contributed by atoms with Crippen LogP contribution in [0.3, 0.4) is 0 Å². The minimum Gasteiger partial charge on any atom is -0.481 e. The molecule has 0 heterocycles. The van der Waals surface area contributed by atoms with Gasteiger partial charge in [0.05, 0.1) is 5.41 Å². The molecule has 0 aromatic carbocycles. The fraction of sp³-hybridized carbons (Fsp3) is 0.818. The Morgan fingerprint density at radius 1 is 1.40 bits per heavy atom. The summed E-state index contributed by atoms with van der Waals surface area (Å²) in [5.41, 5.74) is -0.775. The van der Waals surface area contributed by atoms with Crippen LogP contribution < -0.4 is 5.32 Å². The number of carbonyl (C=O) groups excluding carboxylic acids is 1. The fourth-order valence-electron chi connectivity index (χ4n) is 0.965. The molecule has 0 rings (SSSR count). The molecule has 0 aliphatic heterocycles. The van der Waals surface area contributed by atoms with Crippen LogP contribution in [0.4, 0.5) is 0 Å². The molecule has 88 valence electrons. The summed E-state index contributed by atoms with van der Waals surface area (Å²) in [7, 11) is 0. The molecule has 2 N–H and O–H groups in total. The number of amides is 1. The second-order valence-electron chi connectivity index (χ2n) is 4.54. The Labute approximate surface area is 91.1 Å². The first-order chi connectivity index (χ1) is 6.81. The van der Waals surface area contributed by atoms with Gasteiger partial charge in [0.2, 0.25) is 5.91 Å². The zero-order valence-electron chi connectivity index (χ0n) is 9.96. The summed E-state index contributed by atoms with van der Waals surface area (Å²) in [5, 5.41) is 11.6. The summed E-state index contributed by atoms with van der Waals surface area (Å²) in [6, 6.07) is 0. The molecule has 1 amide bonds. The Hall–Kier alpha value is -1.06. The van der Waals surface area contributed by atoms with Gasteiger partial charge < -0.3 is 10.4 Å². The Bertz CT molecular complexity index is 236. The van der Waals surface area contributed by atoms with E-state index in [0.717, 1.165) is 6.42 Å². The maximum Gasteiger partial charge on any atom is 0.309 e. The van der Waals surface area contributed by atoms with Crippen LogP contribution in [0.5, 0.6) is 0 Å². The minimum atomic E-state index is -0.833. The second-order valence-corrected chi connectivity index (χ2v) is 4.54. The van der Waals surface area contributed by atoms with Crippen molar-refractivity contribution in [2.45, 2.75) is 40.5 Å². The molecule has 0 saturated heterocycles. The van der Waals surface area contributed by atoms with Crippen molar-refractivity contribution >= 4 is 11.9 Å². The van der Waals surface area contributed by atoms with E-state index in [2.05, 4.69) is 5.32 Å². The van der Waals surface area contributed by atoms with Gasteiger partial charge in [0.15, 0.2) is 0 Å². The van der Waals surface area contributed by atoms with Crippen molar-refractivity contribution < 1.29 is 14.7 Å². The number of aliphatic carboxylic acids is 1. The fourth-order valence-corrected chi connectivity index (χ4v) is 0.965. The maximum atomic E-state index is 11.4. The normalized spacial score (nSPS) is 13.3. The van der Waals surface area contributed by atoms with E-state index in [9.17, 15) is 9.59 Å². The van der Waals surface area contributed by atoms with Crippen molar-refractivity contribution in [3.05, 3.63) is 0 Å². The van der Waals surface area contributed by atoms with Crippen molar-refractivity contribution in [2.75, 3.05) is 6.54 Å². The van der Waals surface area contributed by atoms with Crippen LogP contribution in [-0.2, 0) is 9.59 Å². The average molecular weight is 215 g/mol. The van der Waals surface area contributed by atoms with E-state index in [1.807, 2.05) is 13.8 Å². The van der Waals surface area contributed by atoms with Gasteiger partial charge in [0.1, 0.15) is 0 Å². The third-order valence-electron chi connectivity index (χ3n) is 2.69. The van der Waals surface area contributed by atoms with Gasteiger partial charge in [-0.25, -0.2) is 0 Å². The van der Waals surface area contributed by atoms with Crippen LogP contribution in [0.25, 0.3) is 0 Å². The molecule has 4 heteroatoms. The Morgan fingerprint density at radius 2 is 1.93 bits per heavy atom. The third kappa shape index (κ3) is 4.81. The van der Waals surface area contributed by atoms with Crippen LogP contribution in [0.1, 0.15) is 40.5 Å². The van der Waals surface area contributed by atoms with Gasteiger partial charge in [-0.3, -0.25) is 9.59 Å². The number of hydrogen-bond acceptors (Lipinski definition) is 2. The van der Waals surface area contributed by atoms with Crippen LogP contribution in [0.15, 0.2) is 0 Å². The Morgan fingerprint density at radius 3 is 2.33 bits per heavy atom. The van der Waals surface area contributed by atoms with Crippen LogP contribution >= 0.6 is 0 Å². The highest BCUT2D eigenvalue weighted by Gasteiger charge is 2.26. The van der Waals surface area contributed by atoms with E-state index in [0.29, 0.717) is 13.0 Å². The molecule has 0 aliphatic rings. The van der Waals surface area contributed by atoms with Crippen molar-refractivity contribution in [3.63, 3.8) is 0 Å². The summed E-state index contributed by atoms with van der Waals surface area (Å²) in [4.78, 5) is 22.1. The minimum absolute atomic E-state index is 0.00121. The summed E-state index contributed by atoms with van der Waals surface area (Å²) in [6.07, 6.45) is 1.25. The molecule has 0 radical (unpaired) electrons. The second kappa shape index (κ2) is 5.73. The Kier molecular flexibility index (Phi) is 5.33. The summed E-state index contributed by atoms with van der Waals surface area (Å²) >= 11 is 0. The molecule has 0 aromatic rings. The highest BCUT2D eigenvalue weighted by molar-refractivity contribution is 5.78. The maximum absolute atomic E-state index is 11.4. The van der Waals surface area contributed by atoms with E-state index in [-0.39, 0.29) is 11.8 Å². The van der Waals surface area contributed by atoms with Crippen molar-refractivity contribution in [2.24, 2.45) is 11.3 Å². The number of carboxylic acid groups (broad SMARTS) is 1. The predicted octanol–water partition coefficient (Wildman–Crippen LogP) is 1.65. The zero-order chi connectivity index (χ0) is 12.1. The standard InChI is InChI=1S/C11H21NO3/c1-5-8(2)9(13)12-7-6-11(3,4)10(14)15/h8H,5-7H2,1-4H3,(H,12,13)(H,14,15). The van der Waals surface area contributed by atoms with Crippen molar-refractivity contribution in [3.8, 4) is 0 Å². The van der Waals surface area contributed by atoms with E-state index >= 15 is 0 Å². The molecular weight excluding hydrogens is 194 g/mol. The molecule has 15 heavy (non-hydrogen) atoms. The van der Waals surface area contributed by atoms with Crippen molar-refractivity contribution in [1.29, 1.82) is 0 Å². The molecule has 0 aliphatic carbocycles. The quantitative estimate of drug-likeness (QED) is 0.708. The predicted molar refractivity (Wildman–Crippen MR) is 58.5 cm³/mol. The molecule has 1 unspecified atom stereocenters. The lowest BCUT2D eigenvalue weighted by molar-refractivity contribution is -0.147. The van der Waals surface area contributed by atoms with Gasteiger partial charge >= 0.3 is 5.97 Å². The number of carboxylic acids is 1. The van der Waals surface area contributed by atoms with E-state index in [1.54, 1.807) is 13.8 Å². The molecule has 0 bridgehead atoms. The van der Waals surface area contributed by atoms with Crippen molar-refractivity contribution in [1.82, 2.24) is 5.32 Å². The highest BCUT2D eigenvalue weighted by Crippen LogP contribution is 2.19. The Balaban J connectivity index is 3.90. The monoisotopic (exact) mass is 215 g/mol. The lowest BCUT2D eigenvalue weighted by atomic mass is 9.89.